The van der Waals surface area contributed by atoms with E-state index in [9.17, 15) is 0 Å². The summed E-state index contributed by atoms with van der Waals surface area (Å²) in [4.78, 5) is 9.14. The first-order valence-electron chi connectivity index (χ1n) is 21.4. The van der Waals surface area contributed by atoms with E-state index in [2.05, 4.69) is 70.4 Å². The lowest BCUT2D eigenvalue weighted by Gasteiger charge is -2.28. The van der Waals surface area contributed by atoms with Gasteiger partial charge in [0.2, 0.25) is 12.7 Å². The molecule has 5 N–H and O–H groups in total. The van der Waals surface area contributed by atoms with Crippen LogP contribution in [0.4, 0.5) is 28.4 Å². The summed E-state index contributed by atoms with van der Waals surface area (Å²) in [6, 6.07) is 50.0. The number of hydrogen-bond acceptors (Lipinski definition) is 12. The monoisotopic (exact) mass is 850 g/mol. The summed E-state index contributed by atoms with van der Waals surface area (Å²) >= 11 is 0. The van der Waals surface area contributed by atoms with Gasteiger partial charge in [-0.15, -0.1) is 0 Å². The lowest BCUT2D eigenvalue weighted by atomic mass is 10.1. The maximum atomic E-state index is 5.71. The number of ether oxygens (including phenoxy) is 6. The average Bonchev–Trinajstić information content (AvgIpc) is 3.98. The minimum atomic E-state index is -0.0643. The molecule has 0 radical (unpaired) electrons. The highest BCUT2D eigenvalue weighted by atomic mass is 16.7. The van der Waals surface area contributed by atoms with E-state index in [1.807, 2.05) is 115 Å². The van der Waals surface area contributed by atoms with Crippen molar-refractivity contribution in [3.8, 4) is 23.0 Å². The molecule has 63 heavy (non-hydrogen) atoms. The molecular weight excluding hydrogens is 793 g/mol. The largest absolute Gasteiger partial charge is 0.475 e. The Morgan fingerprint density at radius 2 is 1.10 bits per heavy atom. The van der Waals surface area contributed by atoms with Crippen molar-refractivity contribution in [1.29, 1.82) is 0 Å². The minimum Gasteiger partial charge on any atom is -0.475 e. The van der Waals surface area contributed by atoms with E-state index < -0.39 is 0 Å². The molecule has 5 heterocycles. The lowest BCUT2D eigenvalue weighted by molar-refractivity contribution is 0.122. The molecule has 0 atom stereocenters. The second-order valence-corrected chi connectivity index (χ2v) is 15.6. The highest BCUT2D eigenvalue weighted by molar-refractivity contribution is 5.95. The molecule has 2 fully saturated rings. The molecule has 6 aromatic carbocycles. The SMILES string of the molecule is CC1(C)COC(c2ccccc2)=N1.NCc1ccc2c(c1)OCO2.Nc1ccc(N2CCOCC2)cc1.c1ccc(N2CCOCC2)cc1.c1ccc2c(c1)Nc1ccccc1O2. The molecule has 11 rings (SSSR count). The Hall–Kier alpha value is -6.73. The summed E-state index contributed by atoms with van der Waals surface area (Å²) in [5, 5.41) is 3.32. The maximum Gasteiger partial charge on any atom is 0.231 e. The van der Waals surface area contributed by atoms with Gasteiger partial charge in [0.25, 0.3) is 0 Å². The van der Waals surface area contributed by atoms with Crippen LogP contribution in [0.3, 0.4) is 0 Å². The van der Waals surface area contributed by atoms with Crippen molar-refractivity contribution >= 4 is 34.3 Å². The number of benzene rings is 6. The molecule has 2 saturated heterocycles. The van der Waals surface area contributed by atoms with Gasteiger partial charge in [-0.05, 0) is 104 Å². The van der Waals surface area contributed by atoms with Crippen LogP contribution in [0.15, 0.2) is 157 Å². The number of morpholine rings is 2. The van der Waals surface area contributed by atoms with Gasteiger partial charge in [0.05, 0.1) is 43.3 Å². The number of nitrogen functional groups attached to an aromatic ring is 1. The molecule has 0 bridgehead atoms. The Labute approximate surface area is 371 Å². The van der Waals surface area contributed by atoms with Crippen molar-refractivity contribution in [2.24, 2.45) is 10.7 Å². The minimum absolute atomic E-state index is 0.0643. The van der Waals surface area contributed by atoms with E-state index in [1.165, 1.54) is 11.4 Å². The lowest BCUT2D eigenvalue weighted by Crippen LogP contribution is -2.36. The van der Waals surface area contributed by atoms with E-state index in [4.69, 9.17) is 39.9 Å². The molecule has 12 nitrogen and oxygen atoms in total. The van der Waals surface area contributed by atoms with Crippen molar-refractivity contribution in [3.63, 3.8) is 0 Å². The van der Waals surface area contributed by atoms with Gasteiger partial charge in [-0.2, -0.15) is 0 Å². The molecule has 0 spiro atoms. The summed E-state index contributed by atoms with van der Waals surface area (Å²) < 4.78 is 32.1. The Balaban J connectivity index is 0.000000118. The molecule has 12 heteroatoms. The van der Waals surface area contributed by atoms with Gasteiger partial charge in [-0.1, -0.05) is 66.7 Å². The van der Waals surface area contributed by atoms with Gasteiger partial charge in [0, 0.05) is 55.3 Å². The predicted octanol–water partition coefficient (Wildman–Crippen LogP) is 9.28. The fourth-order valence-electron chi connectivity index (χ4n) is 6.93. The zero-order valence-corrected chi connectivity index (χ0v) is 36.2. The molecule has 0 aliphatic carbocycles. The Bertz CT molecular complexity index is 2250. The molecule has 0 unspecified atom stereocenters. The summed E-state index contributed by atoms with van der Waals surface area (Å²) in [5.74, 6) is 4.14. The number of nitrogens with two attached hydrogens (primary N) is 2. The second kappa shape index (κ2) is 22.4. The Morgan fingerprint density at radius 1 is 0.571 bits per heavy atom. The predicted molar refractivity (Wildman–Crippen MR) is 253 cm³/mol. The number of fused-ring (bicyclic) bond motifs is 3. The number of hydrogen-bond donors (Lipinski definition) is 3. The molecule has 0 aromatic heterocycles. The standard InChI is InChI=1S/C12H9NO.C11H13NO.C10H14N2O.C10H13NO.C8H9NO2/c1-3-7-11-9(5-1)13-10-6-2-4-8-12(10)14-11;1-11(2)8-13-10(12-11)9-6-4-3-5-7-9;11-9-1-3-10(4-2-9)12-5-7-13-8-6-12;1-2-4-10(5-3-1)11-6-8-12-9-7-11;9-4-6-1-2-7-8(3-6)11-5-10-7/h1-8,13H;3-7H,8H2,1-2H3;1-4H,5-8,11H2;1-5H,6-9H2;1-3H,4-5,9H2. The third kappa shape index (κ3) is 13.1. The molecule has 0 amide bonds. The van der Waals surface area contributed by atoms with E-state index in [0.29, 0.717) is 19.9 Å². The van der Waals surface area contributed by atoms with Crippen LogP contribution in [0.25, 0.3) is 0 Å². The van der Waals surface area contributed by atoms with Gasteiger partial charge < -0.3 is 55.0 Å². The third-order valence-electron chi connectivity index (χ3n) is 10.3. The van der Waals surface area contributed by atoms with Gasteiger partial charge >= 0.3 is 0 Å². The smallest absolute Gasteiger partial charge is 0.231 e. The molecular formula is C51H58N6O6. The van der Waals surface area contributed by atoms with E-state index >= 15 is 0 Å². The van der Waals surface area contributed by atoms with E-state index in [1.54, 1.807) is 0 Å². The highest BCUT2D eigenvalue weighted by Gasteiger charge is 2.26. The number of anilines is 5. The van der Waals surface area contributed by atoms with Crippen molar-refractivity contribution in [3.05, 3.63) is 163 Å². The highest BCUT2D eigenvalue weighted by Crippen LogP contribution is 2.41. The normalized spacial score (nSPS) is 16.0. The van der Waals surface area contributed by atoms with E-state index in [-0.39, 0.29) is 5.54 Å². The summed E-state index contributed by atoms with van der Waals surface area (Å²) in [7, 11) is 0. The first kappa shape index (κ1) is 44.3. The van der Waals surface area contributed by atoms with Crippen LogP contribution < -0.4 is 40.8 Å². The maximum absolute atomic E-state index is 5.71. The Kier molecular flexibility index (Phi) is 15.8. The molecule has 5 aliphatic rings. The van der Waals surface area contributed by atoms with Crippen LogP contribution in [-0.2, 0) is 20.8 Å². The van der Waals surface area contributed by atoms with Crippen LogP contribution in [0.2, 0.25) is 0 Å². The molecule has 6 aromatic rings. The van der Waals surface area contributed by atoms with Gasteiger partial charge in [-0.25, -0.2) is 4.99 Å². The van der Waals surface area contributed by atoms with E-state index in [0.717, 1.165) is 110 Å². The van der Waals surface area contributed by atoms with Crippen LogP contribution in [0.5, 0.6) is 23.0 Å². The van der Waals surface area contributed by atoms with Crippen LogP contribution in [-0.4, -0.2) is 77.4 Å². The first-order valence-corrected chi connectivity index (χ1v) is 21.4. The van der Waals surface area contributed by atoms with Crippen LogP contribution in [0, 0.1) is 0 Å². The molecule has 328 valence electrons. The van der Waals surface area contributed by atoms with Crippen molar-refractivity contribution in [2.45, 2.75) is 25.9 Å². The topological polar surface area (TPSA) is 138 Å². The first-order chi connectivity index (χ1) is 30.8. The van der Waals surface area contributed by atoms with Crippen molar-refractivity contribution in [2.75, 3.05) is 86.9 Å². The zero-order valence-electron chi connectivity index (χ0n) is 36.2. The second-order valence-electron chi connectivity index (χ2n) is 15.6. The molecule has 5 aliphatic heterocycles. The summed E-state index contributed by atoms with van der Waals surface area (Å²) in [6.45, 7) is 13.0. The average molecular weight is 851 g/mol. The zero-order chi connectivity index (χ0) is 43.7. The number of nitrogens with one attached hydrogen (secondary N) is 1. The summed E-state index contributed by atoms with van der Waals surface area (Å²) in [5.41, 5.74) is 18.5. The van der Waals surface area contributed by atoms with Gasteiger partial charge in [0.15, 0.2) is 23.0 Å². The number of para-hydroxylation sites is 5. The van der Waals surface area contributed by atoms with Crippen LogP contribution >= 0.6 is 0 Å². The van der Waals surface area contributed by atoms with Crippen LogP contribution in [0.1, 0.15) is 25.0 Å². The van der Waals surface area contributed by atoms with Crippen molar-refractivity contribution < 1.29 is 28.4 Å². The number of aliphatic imine (C=N–C) groups is 1. The Morgan fingerprint density at radius 3 is 1.65 bits per heavy atom. The fourth-order valence-corrected chi connectivity index (χ4v) is 6.93. The number of nitrogens with zero attached hydrogens (tertiary/aromatic N) is 3. The quantitative estimate of drug-likeness (QED) is 0.146. The number of rotatable bonds is 4. The summed E-state index contributed by atoms with van der Waals surface area (Å²) in [6.07, 6.45) is 0. The van der Waals surface area contributed by atoms with Crippen molar-refractivity contribution in [1.82, 2.24) is 0 Å². The van der Waals surface area contributed by atoms with Gasteiger partial charge in [0.1, 0.15) is 6.61 Å². The fraction of sp³-hybridized carbons (Fsp3) is 0.275. The van der Waals surface area contributed by atoms with Gasteiger partial charge in [-0.3, -0.25) is 0 Å². The molecule has 0 saturated carbocycles. The third-order valence-corrected chi connectivity index (χ3v) is 10.3.